The van der Waals surface area contributed by atoms with Crippen LogP contribution >= 0.6 is 23.1 Å². The molecule has 102 valence electrons. The fraction of sp³-hybridized carbons (Fsp3) is 0.786. The Morgan fingerprint density at radius 2 is 1.89 bits per heavy atom. The molecule has 1 aromatic heterocycles. The van der Waals surface area contributed by atoms with Crippen LogP contribution in [-0.4, -0.2) is 22.5 Å². The van der Waals surface area contributed by atoms with Crippen molar-refractivity contribution in [1.29, 1.82) is 0 Å². The molecule has 1 N–H and O–H groups in total. The number of hydrogen-bond acceptors (Lipinski definition) is 4. The zero-order chi connectivity index (χ0) is 13.2. The van der Waals surface area contributed by atoms with Crippen LogP contribution in [0.1, 0.15) is 57.2 Å². The molecule has 0 aromatic carbocycles. The Morgan fingerprint density at radius 3 is 2.39 bits per heavy atom. The Hall–Kier alpha value is -0.0600. The van der Waals surface area contributed by atoms with Crippen LogP contribution in [0.5, 0.6) is 0 Å². The molecule has 1 aliphatic heterocycles. The minimum atomic E-state index is 0.136. The Kier molecular flexibility index (Phi) is 4.73. The Morgan fingerprint density at radius 1 is 1.22 bits per heavy atom. The summed E-state index contributed by atoms with van der Waals surface area (Å²) in [5.74, 6) is 3.02. The first kappa shape index (κ1) is 14.4. The summed E-state index contributed by atoms with van der Waals surface area (Å²) in [6.07, 6.45) is 2.42. The predicted octanol–water partition coefficient (Wildman–Crippen LogP) is 3.99. The molecule has 0 spiro atoms. The fourth-order valence-corrected chi connectivity index (χ4v) is 4.86. The van der Waals surface area contributed by atoms with Gasteiger partial charge in [-0.1, -0.05) is 13.8 Å². The molecule has 4 heteroatoms. The molecule has 0 unspecified atom stereocenters. The van der Waals surface area contributed by atoms with Gasteiger partial charge < -0.3 is 5.32 Å². The van der Waals surface area contributed by atoms with Gasteiger partial charge in [0, 0.05) is 11.4 Å². The van der Waals surface area contributed by atoms with Gasteiger partial charge in [0.25, 0.3) is 0 Å². The largest absolute Gasteiger partial charge is 0.303 e. The monoisotopic (exact) mass is 284 g/mol. The third kappa shape index (κ3) is 3.09. The zero-order valence-electron chi connectivity index (χ0n) is 11.8. The van der Waals surface area contributed by atoms with E-state index in [2.05, 4.69) is 50.2 Å². The molecule has 0 saturated carbocycles. The van der Waals surface area contributed by atoms with E-state index in [-0.39, 0.29) is 5.54 Å². The first-order valence-electron chi connectivity index (χ1n) is 6.85. The van der Waals surface area contributed by atoms with Gasteiger partial charge in [0.05, 0.1) is 11.2 Å². The van der Waals surface area contributed by atoms with Gasteiger partial charge >= 0.3 is 0 Å². The van der Waals surface area contributed by atoms with Gasteiger partial charge in [-0.2, -0.15) is 11.8 Å². The van der Waals surface area contributed by atoms with E-state index in [1.165, 1.54) is 35.0 Å². The Labute approximate surface area is 119 Å². The van der Waals surface area contributed by atoms with E-state index in [1.807, 2.05) is 11.3 Å². The molecule has 18 heavy (non-hydrogen) atoms. The summed E-state index contributed by atoms with van der Waals surface area (Å²) in [4.78, 5) is 4.91. The van der Waals surface area contributed by atoms with Crippen LogP contribution in [0.15, 0.2) is 5.38 Å². The lowest BCUT2D eigenvalue weighted by Gasteiger charge is -2.38. The Bertz CT molecular complexity index is 379. The lowest BCUT2D eigenvalue weighted by Crippen LogP contribution is -2.48. The summed E-state index contributed by atoms with van der Waals surface area (Å²) in [6.45, 7) is 8.91. The highest BCUT2D eigenvalue weighted by atomic mass is 32.2. The van der Waals surface area contributed by atoms with Crippen LogP contribution in [0.2, 0.25) is 0 Å². The highest BCUT2D eigenvalue weighted by Gasteiger charge is 2.37. The molecule has 1 aromatic rings. The van der Waals surface area contributed by atoms with E-state index in [9.17, 15) is 0 Å². The minimum absolute atomic E-state index is 0.136. The summed E-state index contributed by atoms with van der Waals surface area (Å²) in [5.41, 5.74) is 1.38. The van der Waals surface area contributed by atoms with Gasteiger partial charge in [0.15, 0.2) is 0 Å². The summed E-state index contributed by atoms with van der Waals surface area (Å²) < 4.78 is 0. The standard InChI is InChI=1S/C14H24N2S2/c1-10(2)12-9-18-13(15-12)14(16-11(3)4)5-7-17-8-6-14/h9-11,16H,5-8H2,1-4H3. The second-order valence-corrected chi connectivity index (χ2v) is 7.81. The maximum atomic E-state index is 4.91. The van der Waals surface area contributed by atoms with Crippen molar-refractivity contribution in [3.05, 3.63) is 16.1 Å². The van der Waals surface area contributed by atoms with E-state index < -0.39 is 0 Å². The van der Waals surface area contributed by atoms with Gasteiger partial charge in [-0.05, 0) is 44.1 Å². The highest BCUT2D eigenvalue weighted by Crippen LogP contribution is 2.38. The summed E-state index contributed by atoms with van der Waals surface area (Å²) in [5, 5.41) is 7.35. The third-order valence-corrected chi connectivity index (χ3v) is 5.48. The molecular weight excluding hydrogens is 260 g/mol. The van der Waals surface area contributed by atoms with Crippen molar-refractivity contribution in [2.75, 3.05) is 11.5 Å². The molecule has 0 aliphatic carbocycles. The fourth-order valence-electron chi connectivity index (χ4n) is 2.46. The van der Waals surface area contributed by atoms with Crippen molar-refractivity contribution in [3.63, 3.8) is 0 Å². The second kappa shape index (κ2) is 5.93. The number of nitrogens with zero attached hydrogens (tertiary/aromatic N) is 1. The van der Waals surface area contributed by atoms with Crippen molar-refractivity contribution in [2.45, 2.75) is 58.0 Å². The number of nitrogens with one attached hydrogen (secondary N) is 1. The van der Waals surface area contributed by atoms with Gasteiger partial charge in [-0.25, -0.2) is 4.98 Å². The van der Waals surface area contributed by atoms with Crippen molar-refractivity contribution >= 4 is 23.1 Å². The molecule has 1 aliphatic rings. The van der Waals surface area contributed by atoms with Crippen LogP contribution in [-0.2, 0) is 5.54 Å². The molecule has 1 fully saturated rings. The molecule has 2 nitrogen and oxygen atoms in total. The van der Waals surface area contributed by atoms with Crippen LogP contribution in [0, 0.1) is 0 Å². The van der Waals surface area contributed by atoms with Gasteiger partial charge in [0.1, 0.15) is 5.01 Å². The predicted molar refractivity (Wildman–Crippen MR) is 82.7 cm³/mol. The number of thiazole rings is 1. The van der Waals surface area contributed by atoms with Crippen molar-refractivity contribution in [3.8, 4) is 0 Å². The third-order valence-electron chi connectivity index (χ3n) is 3.43. The maximum absolute atomic E-state index is 4.91. The smallest absolute Gasteiger partial charge is 0.113 e. The van der Waals surface area contributed by atoms with Crippen molar-refractivity contribution in [1.82, 2.24) is 10.3 Å². The number of thioether (sulfide) groups is 1. The molecule has 0 bridgehead atoms. The van der Waals surface area contributed by atoms with E-state index in [4.69, 9.17) is 4.98 Å². The SMILES string of the molecule is CC(C)NC1(c2nc(C(C)C)cs2)CCSCC1. The van der Waals surface area contributed by atoms with E-state index in [0.717, 1.165) is 0 Å². The second-order valence-electron chi connectivity index (χ2n) is 5.73. The number of aromatic nitrogens is 1. The normalized spacial score (nSPS) is 19.7. The van der Waals surface area contributed by atoms with Crippen LogP contribution in [0.4, 0.5) is 0 Å². The topological polar surface area (TPSA) is 24.9 Å². The van der Waals surface area contributed by atoms with E-state index >= 15 is 0 Å². The van der Waals surface area contributed by atoms with Gasteiger partial charge in [-0.15, -0.1) is 11.3 Å². The summed E-state index contributed by atoms with van der Waals surface area (Å²) in [6, 6.07) is 0.513. The molecule has 2 rings (SSSR count). The quantitative estimate of drug-likeness (QED) is 0.905. The average Bonchev–Trinajstić information content (AvgIpc) is 2.79. The average molecular weight is 284 g/mol. The van der Waals surface area contributed by atoms with Crippen molar-refractivity contribution < 1.29 is 0 Å². The molecular formula is C14H24N2S2. The van der Waals surface area contributed by atoms with Crippen LogP contribution < -0.4 is 5.32 Å². The van der Waals surface area contributed by atoms with Crippen LogP contribution in [0.3, 0.4) is 0 Å². The summed E-state index contributed by atoms with van der Waals surface area (Å²) in [7, 11) is 0. The number of hydrogen-bond donors (Lipinski definition) is 1. The zero-order valence-corrected chi connectivity index (χ0v) is 13.5. The van der Waals surface area contributed by atoms with E-state index in [0.29, 0.717) is 12.0 Å². The molecule has 0 atom stereocenters. The summed E-state index contributed by atoms with van der Waals surface area (Å²) >= 11 is 3.91. The maximum Gasteiger partial charge on any atom is 0.113 e. The van der Waals surface area contributed by atoms with Crippen LogP contribution in [0.25, 0.3) is 0 Å². The molecule has 2 heterocycles. The first-order valence-corrected chi connectivity index (χ1v) is 8.88. The molecule has 0 radical (unpaired) electrons. The molecule has 0 amide bonds. The highest BCUT2D eigenvalue weighted by molar-refractivity contribution is 7.99. The first-order chi connectivity index (χ1) is 8.53. The lowest BCUT2D eigenvalue weighted by molar-refractivity contribution is 0.280. The Balaban J connectivity index is 2.26. The number of rotatable bonds is 4. The molecule has 1 saturated heterocycles. The van der Waals surface area contributed by atoms with Crippen molar-refractivity contribution in [2.24, 2.45) is 0 Å². The lowest BCUT2D eigenvalue weighted by atomic mass is 9.92. The van der Waals surface area contributed by atoms with E-state index in [1.54, 1.807) is 0 Å². The minimum Gasteiger partial charge on any atom is -0.303 e. The van der Waals surface area contributed by atoms with Gasteiger partial charge in [0.2, 0.25) is 0 Å². The van der Waals surface area contributed by atoms with Gasteiger partial charge in [-0.3, -0.25) is 0 Å².